The molecule has 180 valence electrons. The van der Waals surface area contributed by atoms with Crippen molar-refractivity contribution in [2.24, 2.45) is 5.92 Å². The summed E-state index contributed by atoms with van der Waals surface area (Å²) >= 11 is 0. The second-order valence-corrected chi connectivity index (χ2v) is 8.75. The smallest absolute Gasteiger partial charge is 0.258 e. The molecule has 2 atom stereocenters. The van der Waals surface area contributed by atoms with Crippen LogP contribution in [-0.2, 0) is 0 Å². The van der Waals surface area contributed by atoms with Crippen molar-refractivity contribution in [3.63, 3.8) is 0 Å². The minimum absolute atomic E-state index is 0.0376. The van der Waals surface area contributed by atoms with Crippen molar-refractivity contribution in [1.82, 2.24) is 15.5 Å². The zero-order valence-corrected chi connectivity index (χ0v) is 20.5. The molecule has 1 heterocycles. The highest BCUT2D eigenvalue weighted by molar-refractivity contribution is 5.94. The molecule has 0 saturated carbocycles. The number of aromatic nitrogens is 2. The van der Waals surface area contributed by atoms with E-state index in [1.807, 2.05) is 73.7 Å². The van der Waals surface area contributed by atoms with Gasteiger partial charge in [0.25, 0.3) is 11.8 Å². The van der Waals surface area contributed by atoms with Crippen molar-refractivity contribution in [3.8, 4) is 22.8 Å². The highest BCUT2D eigenvalue weighted by Gasteiger charge is 2.19. The maximum Gasteiger partial charge on any atom is 0.258 e. The van der Waals surface area contributed by atoms with E-state index < -0.39 is 0 Å². The number of nitrogens with zero attached hydrogens (tertiary/aromatic N) is 2. The van der Waals surface area contributed by atoms with Gasteiger partial charge in [-0.05, 0) is 54.3 Å². The molecule has 35 heavy (non-hydrogen) atoms. The molecule has 0 fully saturated rings. The minimum Gasteiger partial charge on any atom is -0.378 e. The number of rotatable bonds is 10. The molecular weight excluding hydrogens is 436 g/mol. The Hall–Kier alpha value is -3.93. The van der Waals surface area contributed by atoms with Crippen molar-refractivity contribution in [1.29, 1.82) is 0 Å². The van der Waals surface area contributed by atoms with Gasteiger partial charge in [0.2, 0.25) is 5.82 Å². The Morgan fingerprint density at radius 3 is 2.29 bits per heavy atom. The number of amides is 1. The number of hydrogen-bond donors (Lipinski definition) is 2. The van der Waals surface area contributed by atoms with Crippen molar-refractivity contribution >= 4 is 11.6 Å². The molecule has 0 bridgehead atoms. The van der Waals surface area contributed by atoms with Crippen molar-refractivity contribution in [2.45, 2.75) is 39.7 Å². The predicted molar refractivity (Wildman–Crippen MR) is 140 cm³/mol. The van der Waals surface area contributed by atoms with E-state index in [1.165, 1.54) is 5.56 Å². The fourth-order valence-corrected chi connectivity index (χ4v) is 3.91. The zero-order valence-electron chi connectivity index (χ0n) is 20.5. The van der Waals surface area contributed by atoms with Gasteiger partial charge in [-0.3, -0.25) is 4.79 Å². The summed E-state index contributed by atoms with van der Waals surface area (Å²) in [6.45, 7) is 7.16. The van der Waals surface area contributed by atoms with E-state index in [2.05, 4.69) is 46.8 Å². The molecule has 1 amide bonds. The van der Waals surface area contributed by atoms with Crippen LogP contribution in [0.15, 0.2) is 83.4 Å². The number of hydrogen-bond acceptors (Lipinski definition) is 5. The van der Waals surface area contributed by atoms with E-state index in [0.717, 1.165) is 29.7 Å². The second kappa shape index (κ2) is 11.5. The number of anilines is 1. The van der Waals surface area contributed by atoms with Gasteiger partial charge in [0.15, 0.2) is 0 Å². The van der Waals surface area contributed by atoms with Crippen molar-refractivity contribution < 1.29 is 9.32 Å². The van der Waals surface area contributed by atoms with Crippen molar-refractivity contribution in [2.75, 3.05) is 11.9 Å². The summed E-state index contributed by atoms with van der Waals surface area (Å²) in [5, 5.41) is 10.7. The first-order chi connectivity index (χ1) is 17.1. The molecule has 6 heteroatoms. The van der Waals surface area contributed by atoms with Gasteiger partial charge in [-0.2, -0.15) is 4.98 Å². The summed E-state index contributed by atoms with van der Waals surface area (Å²) < 4.78 is 5.46. The molecule has 0 radical (unpaired) electrons. The number of nitrogens with one attached hydrogen (secondary N) is 2. The molecule has 6 nitrogen and oxygen atoms in total. The van der Waals surface area contributed by atoms with E-state index in [9.17, 15) is 4.79 Å². The minimum atomic E-state index is -0.0376. The lowest BCUT2D eigenvalue weighted by molar-refractivity contribution is 0.0953. The van der Waals surface area contributed by atoms with Crippen LogP contribution in [-0.4, -0.2) is 22.6 Å². The van der Waals surface area contributed by atoms with E-state index in [1.54, 1.807) is 0 Å². The molecule has 1 aromatic heterocycles. The normalized spacial score (nSPS) is 12.7. The topological polar surface area (TPSA) is 80.0 Å². The van der Waals surface area contributed by atoms with Gasteiger partial charge >= 0.3 is 0 Å². The average molecular weight is 469 g/mol. The van der Waals surface area contributed by atoms with E-state index in [4.69, 9.17) is 4.52 Å². The summed E-state index contributed by atoms with van der Waals surface area (Å²) in [6.07, 6.45) is 1.95. The third-order valence-corrected chi connectivity index (χ3v) is 6.19. The van der Waals surface area contributed by atoms with Crippen LogP contribution in [0.5, 0.6) is 0 Å². The number of carbonyl (C=O) groups excluding carboxylic acids is 1. The zero-order chi connectivity index (χ0) is 24.6. The Bertz CT molecular complexity index is 1220. The van der Waals surface area contributed by atoms with Crippen LogP contribution >= 0.6 is 0 Å². The first kappa shape index (κ1) is 24.2. The highest BCUT2D eigenvalue weighted by atomic mass is 16.5. The first-order valence-corrected chi connectivity index (χ1v) is 12.2. The lowest BCUT2D eigenvalue weighted by Crippen LogP contribution is -2.24. The van der Waals surface area contributed by atoms with Crippen molar-refractivity contribution in [3.05, 3.63) is 90.0 Å². The van der Waals surface area contributed by atoms with Crippen LogP contribution in [0.3, 0.4) is 0 Å². The summed E-state index contributed by atoms with van der Waals surface area (Å²) in [5.41, 5.74) is 4.64. The number of carbonyl (C=O) groups is 1. The average Bonchev–Trinajstić information content (AvgIpc) is 3.41. The largest absolute Gasteiger partial charge is 0.378 e. The Labute approximate surface area is 206 Å². The predicted octanol–water partition coefficient (Wildman–Crippen LogP) is 6.74. The van der Waals surface area contributed by atoms with Crippen LogP contribution in [0.4, 0.5) is 5.69 Å². The van der Waals surface area contributed by atoms with Gasteiger partial charge in [0.05, 0.1) is 6.04 Å². The molecule has 1 unspecified atom stereocenters. The first-order valence-electron chi connectivity index (χ1n) is 12.2. The molecule has 2 N–H and O–H groups in total. The summed E-state index contributed by atoms with van der Waals surface area (Å²) in [6, 6.07) is 25.8. The molecular formula is C29H32N4O2. The van der Waals surface area contributed by atoms with Gasteiger partial charge < -0.3 is 15.2 Å². The summed E-state index contributed by atoms with van der Waals surface area (Å²) in [5.74, 6) is 1.45. The van der Waals surface area contributed by atoms with E-state index >= 15 is 0 Å². The second-order valence-electron chi connectivity index (χ2n) is 8.75. The summed E-state index contributed by atoms with van der Waals surface area (Å²) in [7, 11) is 0. The van der Waals surface area contributed by atoms with E-state index in [-0.39, 0.29) is 11.9 Å². The van der Waals surface area contributed by atoms with Gasteiger partial charge in [0.1, 0.15) is 0 Å². The van der Waals surface area contributed by atoms with Crippen LogP contribution in [0.1, 0.15) is 55.6 Å². The molecule has 0 saturated heterocycles. The van der Waals surface area contributed by atoms with E-state index in [0.29, 0.717) is 29.7 Å². The molecule has 4 rings (SSSR count). The maximum atomic E-state index is 12.2. The standard InChI is InChI=1S/C29H32N4O2/c1-4-19-30-28(34)23-15-17-25(18-16-23)31-26(20(3)5-2)21-11-13-22(14-12-21)27-32-29(35-33-27)24-9-7-6-8-10-24/h6-18,20,26,31H,4-5,19H2,1-3H3,(H,30,34)/t20?,26-/m0/s1. The fourth-order valence-electron chi connectivity index (χ4n) is 3.91. The number of benzene rings is 3. The summed E-state index contributed by atoms with van der Waals surface area (Å²) in [4.78, 5) is 16.8. The molecule has 0 aliphatic rings. The fraction of sp³-hybridized carbons (Fsp3) is 0.276. The van der Waals surface area contributed by atoms with Gasteiger partial charge in [-0.15, -0.1) is 0 Å². The van der Waals surface area contributed by atoms with Crippen LogP contribution in [0.2, 0.25) is 0 Å². The SMILES string of the molecule is CCCNC(=O)c1ccc(N[C@H](c2ccc(-c3noc(-c4ccccc4)n3)cc2)C(C)CC)cc1. The molecule has 0 aliphatic carbocycles. The quantitative estimate of drug-likeness (QED) is 0.269. The Kier molecular flexibility index (Phi) is 7.93. The van der Waals surface area contributed by atoms with Gasteiger partial charge in [0, 0.05) is 28.9 Å². The highest BCUT2D eigenvalue weighted by Crippen LogP contribution is 2.31. The molecule has 3 aromatic carbocycles. The Balaban J connectivity index is 1.49. The third kappa shape index (κ3) is 5.96. The maximum absolute atomic E-state index is 12.2. The Morgan fingerprint density at radius 1 is 0.914 bits per heavy atom. The monoisotopic (exact) mass is 468 g/mol. The van der Waals surface area contributed by atoms with Crippen LogP contribution < -0.4 is 10.6 Å². The van der Waals surface area contributed by atoms with Crippen LogP contribution in [0, 0.1) is 5.92 Å². The lowest BCUT2D eigenvalue weighted by atomic mass is 9.91. The van der Waals surface area contributed by atoms with Gasteiger partial charge in [-0.1, -0.05) is 74.8 Å². The molecule has 0 spiro atoms. The van der Waals surface area contributed by atoms with Crippen LogP contribution in [0.25, 0.3) is 22.8 Å². The van der Waals surface area contributed by atoms with Gasteiger partial charge in [-0.25, -0.2) is 0 Å². The molecule has 4 aromatic rings. The third-order valence-electron chi connectivity index (χ3n) is 6.19. The lowest BCUT2D eigenvalue weighted by Gasteiger charge is -2.26. The molecule has 0 aliphatic heterocycles. The Morgan fingerprint density at radius 2 is 1.63 bits per heavy atom.